The summed E-state index contributed by atoms with van der Waals surface area (Å²) in [5.41, 5.74) is 0. The molecule has 6 nitrogen and oxygen atoms in total. The van der Waals surface area contributed by atoms with Gasteiger partial charge in [-0.2, -0.15) is 0 Å². The molecule has 0 amide bonds. The van der Waals surface area contributed by atoms with E-state index in [2.05, 4.69) is 130 Å². The third-order valence-electron chi connectivity index (χ3n) is 14.2. The first-order valence-electron chi connectivity index (χ1n) is 33.4. The molecule has 0 rings (SSSR count). The van der Waals surface area contributed by atoms with Gasteiger partial charge in [0.15, 0.2) is 6.10 Å². The molecule has 452 valence electrons. The van der Waals surface area contributed by atoms with Crippen molar-refractivity contribution in [3.63, 3.8) is 0 Å². The van der Waals surface area contributed by atoms with Crippen molar-refractivity contribution in [1.82, 2.24) is 0 Å². The highest BCUT2D eigenvalue weighted by molar-refractivity contribution is 5.71. The molecule has 0 saturated heterocycles. The van der Waals surface area contributed by atoms with Crippen LogP contribution in [0.15, 0.2) is 109 Å². The zero-order valence-electron chi connectivity index (χ0n) is 51.9. The van der Waals surface area contributed by atoms with Crippen molar-refractivity contribution in [2.45, 2.75) is 322 Å². The minimum absolute atomic E-state index is 0.0931. The largest absolute Gasteiger partial charge is 0.462 e. The third kappa shape index (κ3) is 64.8. The van der Waals surface area contributed by atoms with Gasteiger partial charge in [0.25, 0.3) is 0 Å². The molecule has 0 aromatic heterocycles. The van der Waals surface area contributed by atoms with E-state index in [1.165, 1.54) is 167 Å². The minimum atomic E-state index is -0.800. The number of hydrogen-bond donors (Lipinski definition) is 0. The number of esters is 3. The first-order valence-corrected chi connectivity index (χ1v) is 33.4. The number of carbonyl (C=O) groups is 3. The van der Waals surface area contributed by atoms with Crippen molar-refractivity contribution in [3.05, 3.63) is 109 Å². The molecule has 0 bridgehead atoms. The van der Waals surface area contributed by atoms with E-state index in [0.29, 0.717) is 19.3 Å². The fourth-order valence-corrected chi connectivity index (χ4v) is 9.24. The lowest BCUT2D eigenvalue weighted by molar-refractivity contribution is -0.167. The number of ether oxygens (including phenoxy) is 3. The molecule has 0 heterocycles. The highest BCUT2D eigenvalue weighted by Gasteiger charge is 2.19. The van der Waals surface area contributed by atoms with Crippen LogP contribution in [0.3, 0.4) is 0 Å². The van der Waals surface area contributed by atoms with Crippen LogP contribution in [-0.2, 0) is 28.6 Å². The van der Waals surface area contributed by atoms with E-state index in [1.807, 2.05) is 0 Å². The maximum Gasteiger partial charge on any atom is 0.306 e. The molecule has 0 N–H and O–H groups in total. The SMILES string of the molecule is CC/C=C\C/C=C\C/C=C\C/C=C\C/C=C\CCCCCC(=O)OCC(COC(=O)CCCCCCCCCCC/C=C\C/C=C\CCCCCCC)OC(=O)CCCCCCCCCCC/C=C\C/C=C\CCCCCCC. The molecule has 0 aromatic carbocycles. The van der Waals surface area contributed by atoms with Gasteiger partial charge in [-0.05, 0) is 128 Å². The summed E-state index contributed by atoms with van der Waals surface area (Å²) in [5, 5.41) is 0. The zero-order valence-corrected chi connectivity index (χ0v) is 51.9. The van der Waals surface area contributed by atoms with Gasteiger partial charge in [-0.15, -0.1) is 0 Å². The predicted molar refractivity (Wildman–Crippen MR) is 343 cm³/mol. The van der Waals surface area contributed by atoms with E-state index in [0.717, 1.165) is 109 Å². The highest BCUT2D eigenvalue weighted by atomic mass is 16.6. The van der Waals surface area contributed by atoms with Crippen molar-refractivity contribution in [2.75, 3.05) is 13.2 Å². The van der Waals surface area contributed by atoms with Crippen molar-refractivity contribution < 1.29 is 28.6 Å². The maximum absolute atomic E-state index is 12.9. The van der Waals surface area contributed by atoms with Crippen molar-refractivity contribution in [1.29, 1.82) is 0 Å². The van der Waals surface area contributed by atoms with Crippen LogP contribution in [-0.4, -0.2) is 37.2 Å². The Morgan fingerprint density at radius 3 is 0.785 bits per heavy atom. The molecule has 0 aliphatic rings. The molecule has 0 spiro atoms. The van der Waals surface area contributed by atoms with Crippen LogP contribution in [0, 0.1) is 0 Å². The summed E-state index contributed by atoms with van der Waals surface area (Å²) in [6.07, 6.45) is 90.9. The normalized spacial score (nSPS) is 12.8. The van der Waals surface area contributed by atoms with Crippen LogP contribution in [0.5, 0.6) is 0 Å². The van der Waals surface area contributed by atoms with Gasteiger partial charge in [-0.25, -0.2) is 0 Å². The van der Waals surface area contributed by atoms with Gasteiger partial charge in [0, 0.05) is 19.3 Å². The molecule has 1 atom stereocenters. The Labute approximate surface area is 489 Å². The Bertz CT molecular complexity index is 1590. The zero-order chi connectivity index (χ0) is 57.1. The second-order valence-electron chi connectivity index (χ2n) is 22.0. The summed E-state index contributed by atoms with van der Waals surface area (Å²) >= 11 is 0. The molecule has 1 unspecified atom stereocenters. The highest BCUT2D eigenvalue weighted by Crippen LogP contribution is 2.16. The summed E-state index contributed by atoms with van der Waals surface area (Å²) in [7, 11) is 0. The Balaban J connectivity index is 4.45. The van der Waals surface area contributed by atoms with Gasteiger partial charge in [-0.1, -0.05) is 278 Å². The van der Waals surface area contributed by atoms with Crippen LogP contribution < -0.4 is 0 Å². The van der Waals surface area contributed by atoms with E-state index in [9.17, 15) is 14.4 Å². The molecular weight excluding hydrogens is 973 g/mol. The smallest absolute Gasteiger partial charge is 0.306 e. The summed E-state index contributed by atoms with van der Waals surface area (Å²) in [5.74, 6) is -0.925. The van der Waals surface area contributed by atoms with Gasteiger partial charge in [0.1, 0.15) is 13.2 Å². The molecule has 79 heavy (non-hydrogen) atoms. The van der Waals surface area contributed by atoms with E-state index < -0.39 is 6.10 Å². The van der Waals surface area contributed by atoms with Crippen LogP contribution in [0.2, 0.25) is 0 Å². The Kier molecular flexibility index (Phi) is 63.3. The maximum atomic E-state index is 12.9. The molecule has 0 fully saturated rings. The average Bonchev–Trinajstić information content (AvgIpc) is 3.45. The van der Waals surface area contributed by atoms with E-state index >= 15 is 0 Å². The lowest BCUT2D eigenvalue weighted by atomic mass is 10.1. The van der Waals surface area contributed by atoms with Crippen LogP contribution in [0.25, 0.3) is 0 Å². The average molecular weight is 1100 g/mol. The molecule has 0 aliphatic carbocycles. The number of carbonyl (C=O) groups excluding carboxylic acids is 3. The van der Waals surface area contributed by atoms with Gasteiger partial charge >= 0.3 is 17.9 Å². The van der Waals surface area contributed by atoms with E-state index in [4.69, 9.17) is 14.2 Å². The number of rotatable bonds is 60. The molecule has 0 radical (unpaired) electrons. The second-order valence-corrected chi connectivity index (χ2v) is 22.0. The van der Waals surface area contributed by atoms with E-state index in [1.54, 1.807) is 0 Å². The molecular formula is C73H124O6. The Hall–Kier alpha value is -3.93. The fourth-order valence-electron chi connectivity index (χ4n) is 9.24. The number of hydrogen-bond acceptors (Lipinski definition) is 6. The summed E-state index contributed by atoms with van der Waals surface area (Å²) in [4.78, 5) is 38.4. The van der Waals surface area contributed by atoms with Gasteiger partial charge in [0.2, 0.25) is 0 Å². The topological polar surface area (TPSA) is 78.9 Å². The Morgan fingerprint density at radius 2 is 0.494 bits per heavy atom. The lowest BCUT2D eigenvalue weighted by Crippen LogP contribution is -2.30. The molecule has 0 aromatic rings. The van der Waals surface area contributed by atoms with Crippen LogP contribution in [0.1, 0.15) is 316 Å². The van der Waals surface area contributed by atoms with Crippen molar-refractivity contribution >= 4 is 17.9 Å². The first-order chi connectivity index (χ1) is 39.0. The predicted octanol–water partition coefficient (Wildman–Crippen LogP) is 23.0. The quantitative estimate of drug-likeness (QED) is 0.0261. The monoisotopic (exact) mass is 1100 g/mol. The van der Waals surface area contributed by atoms with Crippen molar-refractivity contribution in [2.24, 2.45) is 0 Å². The lowest BCUT2D eigenvalue weighted by Gasteiger charge is -2.18. The van der Waals surface area contributed by atoms with E-state index in [-0.39, 0.29) is 31.1 Å². The minimum Gasteiger partial charge on any atom is -0.462 e. The molecule has 6 heteroatoms. The summed E-state index contributed by atoms with van der Waals surface area (Å²) < 4.78 is 16.9. The fraction of sp³-hybridized carbons (Fsp3) is 0.712. The first kappa shape index (κ1) is 75.1. The van der Waals surface area contributed by atoms with Gasteiger partial charge in [-0.3, -0.25) is 14.4 Å². The molecule has 0 aliphatic heterocycles. The van der Waals surface area contributed by atoms with Gasteiger partial charge in [0.05, 0.1) is 0 Å². The molecule has 0 saturated carbocycles. The van der Waals surface area contributed by atoms with Crippen molar-refractivity contribution in [3.8, 4) is 0 Å². The summed E-state index contributed by atoms with van der Waals surface area (Å²) in [6, 6.07) is 0. The van der Waals surface area contributed by atoms with Crippen LogP contribution >= 0.6 is 0 Å². The Morgan fingerprint density at radius 1 is 0.266 bits per heavy atom. The van der Waals surface area contributed by atoms with Gasteiger partial charge < -0.3 is 14.2 Å². The second kappa shape index (κ2) is 66.6. The van der Waals surface area contributed by atoms with Crippen LogP contribution in [0.4, 0.5) is 0 Å². The number of allylic oxidation sites excluding steroid dienone is 18. The standard InChI is InChI=1S/C73H124O6/c1-4-7-10-13-16-19-22-25-28-31-34-36-39-42-45-48-51-54-57-60-63-66-72(75)78-69-70(68-77-71(74)65-62-59-56-53-50-47-44-41-38-33-30-27-24-21-18-15-12-9-6-3)79-73(76)67-64-61-58-55-52-49-46-43-40-37-35-32-29-26-23-20-17-14-11-8-5-2/h9,12,18,21-23,25-27,30-32,34-35,38,41,47,50,70H,4-8,10-11,13-17,19-20,24,28-29,33,36-37,39-40,42-46,48-49,51-69H2,1-3H3/b12-9-,21-18-,25-22-,26-23-,30-27-,34-31-,35-32-,41-38-,50-47-. The third-order valence-corrected chi connectivity index (χ3v) is 14.2. The number of unbranched alkanes of at least 4 members (excludes halogenated alkanes) is 31. The summed E-state index contributed by atoms with van der Waals surface area (Å²) in [6.45, 7) is 6.50.